The van der Waals surface area contributed by atoms with Gasteiger partial charge in [0.2, 0.25) is 15.9 Å². The highest BCUT2D eigenvalue weighted by molar-refractivity contribution is 7.98. The van der Waals surface area contributed by atoms with Crippen LogP contribution in [0.5, 0.6) is 5.75 Å². The number of ether oxygens (including phenoxy) is 2. The van der Waals surface area contributed by atoms with E-state index in [9.17, 15) is 17.6 Å². The Balaban J connectivity index is 1.56. The van der Waals surface area contributed by atoms with Crippen LogP contribution in [0.3, 0.4) is 0 Å². The zero-order chi connectivity index (χ0) is 26.5. The Morgan fingerprint density at radius 2 is 1.89 bits per heavy atom. The normalized spacial score (nSPS) is 33.0. The molecule has 4 aliphatic carbocycles. The van der Waals surface area contributed by atoms with Gasteiger partial charge in [0.25, 0.3) is 0 Å². The number of fused-ring (bicyclic) bond motifs is 1. The van der Waals surface area contributed by atoms with Gasteiger partial charge in [-0.2, -0.15) is 8.70 Å². The van der Waals surface area contributed by atoms with Crippen LogP contribution in [0.4, 0.5) is 10.1 Å². The lowest BCUT2D eigenvalue weighted by Crippen LogP contribution is -2.70. The maximum Gasteiger partial charge on any atom is 0.370 e. The van der Waals surface area contributed by atoms with Crippen molar-refractivity contribution in [3.8, 4) is 5.75 Å². The molecule has 0 spiro atoms. The van der Waals surface area contributed by atoms with E-state index >= 15 is 0 Å². The molecule has 0 N–H and O–H groups in total. The van der Waals surface area contributed by atoms with Crippen LogP contribution >= 0.6 is 11.8 Å². The Morgan fingerprint density at radius 3 is 2.46 bits per heavy atom. The number of hydrogen-bond donors (Lipinski definition) is 0. The smallest absolute Gasteiger partial charge is 0.370 e. The molecule has 1 heterocycles. The Kier molecular flexibility index (Phi) is 7.30. The minimum Gasteiger partial charge on any atom is -0.461 e. The van der Waals surface area contributed by atoms with Crippen molar-refractivity contribution in [3.05, 3.63) is 24.2 Å². The minimum atomic E-state index is -3.84. The highest BCUT2D eigenvalue weighted by Gasteiger charge is 2.61. The van der Waals surface area contributed by atoms with E-state index in [-0.39, 0.29) is 28.8 Å². The Bertz CT molecular complexity index is 1180. The van der Waals surface area contributed by atoms with Gasteiger partial charge in [-0.05, 0) is 69.1 Å². The summed E-state index contributed by atoms with van der Waals surface area (Å²) in [5, 5.41) is 0. The first-order valence-corrected chi connectivity index (χ1v) is 15.9. The summed E-state index contributed by atoms with van der Waals surface area (Å²) in [5.41, 5.74) is 0.733. The zero-order valence-electron chi connectivity index (χ0n) is 22.0. The molecule has 0 radical (unpaired) electrons. The number of carbonyl (C=O) groups is 1. The van der Waals surface area contributed by atoms with Crippen molar-refractivity contribution in [2.45, 2.75) is 80.2 Å². The number of nitrogens with zero attached hydrogens (tertiary/aromatic N) is 2. The maximum absolute atomic E-state index is 14.2. The molecule has 37 heavy (non-hydrogen) atoms. The van der Waals surface area contributed by atoms with Gasteiger partial charge in [0.15, 0.2) is 0 Å². The molecule has 0 unspecified atom stereocenters. The van der Waals surface area contributed by atoms with Gasteiger partial charge in [-0.25, -0.2) is 13.2 Å². The topological polar surface area (TPSA) is 76.2 Å². The molecule has 1 aromatic carbocycles. The second-order valence-corrected chi connectivity index (χ2v) is 14.0. The molecule has 6 rings (SSSR count). The molecular formula is C27H37FN2O5S2. The monoisotopic (exact) mass is 552 g/mol. The van der Waals surface area contributed by atoms with Crippen molar-refractivity contribution >= 4 is 33.4 Å². The molecular weight excluding hydrogens is 515 g/mol. The molecule has 0 aromatic heterocycles. The number of anilines is 1. The second kappa shape index (κ2) is 10.1. The number of benzene rings is 1. The average molecular weight is 553 g/mol. The molecule has 4 fully saturated rings. The number of esters is 1. The number of likely N-dealkylation sites (N-methyl/N-ethyl adjacent to an activating group) is 1. The first-order chi connectivity index (χ1) is 17.6. The minimum absolute atomic E-state index is 0.0221. The fraction of sp³-hybridized carbons (Fsp3) is 0.667. The summed E-state index contributed by atoms with van der Waals surface area (Å²) < 4.78 is 54.2. The fourth-order valence-corrected chi connectivity index (χ4v) is 8.76. The van der Waals surface area contributed by atoms with Crippen LogP contribution in [0, 0.1) is 17.8 Å². The summed E-state index contributed by atoms with van der Waals surface area (Å²) in [7, 11) is -2.14. The summed E-state index contributed by atoms with van der Waals surface area (Å²) in [6, 6.07) is 3.27. The van der Waals surface area contributed by atoms with Crippen LogP contribution in [-0.2, 0) is 19.6 Å². The lowest BCUT2D eigenvalue weighted by Gasteiger charge is -2.67. The van der Waals surface area contributed by atoms with E-state index in [0.29, 0.717) is 35.2 Å². The van der Waals surface area contributed by atoms with Gasteiger partial charge in [0.1, 0.15) is 16.9 Å². The second-order valence-electron chi connectivity index (χ2n) is 11.2. The molecule has 1 atom stereocenters. The summed E-state index contributed by atoms with van der Waals surface area (Å²) >= 11 is 1.40. The zero-order valence-corrected chi connectivity index (χ0v) is 23.7. The van der Waals surface area contributed by atoms with E-state index < -0.39 is 21.8 Å². The summed E-state index contributed by atoms with van der Waals surface area (Å²) in [4.78, 5) is 14.9. The van der Waals surface area contributed by atoms with E-state index in [1.807, 2.05) is 12.3 Å². The van der Waals surface area contributed by atoms with Gasteiger partial charge < -0.3 is 14.4 Å². The van der Waals surface area contributed by atoms with Crippen molar-refractivity contribution < 1.29 is 27.1 Å². The molecule has 4 saturated carbocycles. The number of thioether (sulfide) groups is 1. The van der Waals surface area contributed by atoms with E-state index in [1.165, 1.54) is 17.8 Å². The van der Waals surface area contributed by atoms with Gasteiger partial charge >= 0.3 is 5.97 Å². The molecule has 10 heteroatoms. The van der Waals surface area contributed by atoms with Crippen LogP contribution < -0.4 is 9.64 Å². The first-order valence-electron chi connectivity index (χ1n) is 13.3. The van der Waals surface area contributed by atoms with Crippen LogP contribution in [0.25, 0.3) is 0 Å². The van der Waals surface area contributed by atoms with Gasteiger partial charge in [0, 0.05) is 31.2 Å². The van der Waals surface area contributed by atoms with Gasteiger partial charge in [0.05, 0.1) is 17.2 Å². The van der Waals surface area contributed by atoms with E-state index in [4.69, 9.17) is 4.74 Å². The number of carbonyl (C=O) groups excluding carboxylic acids is 1. The molecule has 1 aromatic rings. The van der Waals surface area contributed by atoms with Gasteiger partial charge in [-0.1, -0.05) is 19.8 Å². The summed E-state index contributed by atoms with van der Waals surface area (Å²) in [6.45, 7) is 4.59. The molecule has 0 amide bonds. The van der Waals surface area contributed by atoms with Crippen LogP contribution in [0.1, 0.15) is 58.8 Å². The van der Waals surface area contributed by atoms with Crippen LogP contribution in [-0.4, -0.2) is 56.7 Å². The number of halogens is 1. The van der Waals surface area contributed by atoms with E-state index in [1.54, 1.807) is 18.3 Å². The van der Waals surface area contributed by atoms with Crippen LogP contribution in [0.2, 0.25) is 0 Å². The third kappa shape index (κ3) is 4.67. The fourth-order valence-electron chi connectivity index (χ4n) is 6.63. The van der Waals surface area contributed by atoms with Crippen molar-refractivity contribution in [2.24, 2.45) is 17.8 Å². The number of sulfonamides is 1. The van der Waals surface area contributed by atoms with Crippen molar-refractivity contribution in [2.75, 3.05) is 31.4 Å². The SMILES string of the molecule is CCOC(=O)/C(F)=C/Oc1cc2c(cc1SC)N(C13CC(C1)C3)C[C@@H](C1CCC(C)CC1)N(C)S2(=O)=O. The first kappa shape index (κ1) is 26.8. The quantitative estimate of drug-likeness (QED) is 0.195. The molecule has 0 saturated heterocycles. The third-order valence-electron chi connectivity index (χ3n) is 8.97. The largest absolute Gasteiger partial charge is 0.461 e. The average Bonchev–Trinajstić information content (AvgIpc) is 2.89. The Hall–Kier alpha value is -1.78. The predicted molar refractivity (Wildman–Crippen MR) is 142 cm³/mol. The van der Waals surface area contributed by atoms with Crippen molar-refractivity contribution in [1.29, 1.82) is 0 Å². The summed E-state index contributed by atoms with van der Waals surface area (Å²) in [5.74, 6) is -0.348. The Morgan fingerprint density at radius 1 is 1.22 bits per heavy atom. The molecule has 2 bridgehead atoms. The molecule has 7 nitrogen and oxygen atoms in total. The third-order valence-corrected chi connectivity index (χ3v) is 11.6. The lowest BCUT2D eigenvalue weighted by molar-refractivity contribution is -0.140. The molecule has 1 aliphatic heterocycles. The van der Waals surface area contributed by atoms with Crippen molar-refractivity contribution in [3.63, 3.8) is 0 Å². The van der Waals surface area contributed by atoms with E-state index in [0.717, 1.165) is 50.9 Å². The predicted octanol–water partition coefficient (Wildman–Crippen LogP) is 5.35. The summed E-state index contributed by atoms with van der Waals surface area (Å²) in [6.07, 6.45) is 10.2. The molecule has 204 valence electrons. The van der Waals surface area contributed by atoms with Gasteiger partial charge in [-0.15, -0.1) is 11.8 Å². The van der Waals surface area contributed by atoms with E-state index in [2.05, 4.69) is 16.6 Å². The Labute approximate surface area is 223 Å². The maximum atomic E-state index is 14.2. The lowest BCUT2D eigenvalue weighted by atomic mass is 9.49. The number of rotatable bonds is 7. The molecule has 5 aliphatic rings. The standard InChI is InChI=1S/C27H37FN2O5S2/c1-5-34-26(31)20(28)16-35-23-11-25-21(10-24(23)36-4)30(27-12-18(13-27)14-27)15-22(29(3)37(25,32)33)19-8-6-17(2)7-9-19/h10-11,16-19,22H,5-9,12-15H2,1-4H3/b20-16-/t17?,18?,19?,22-,27?/m0/s1. The van der Waals surface area contributed by atoms with Crippen LogP contribution in [0.15, 0.2) is 34.0 Å². The van der Waals surface area contributed by atoms with Crippen molar-refractivity contribution in [1.82, 2.24) is 4.31 Å². The highest BCUT2D eigenvalue weighted by atomic mass is 32.2. The highest BCUT2D eigenvalue weighted by Crippen LogP contribution is 2.62. The number of hydrogen-bond acceptors (Lipinski definition) is 7. The van der Waals surface area contributed by atoms with Gasteiger partial charge in [-0.3, -0.25) is 0 Å².